The van der Waals surface area contributed by atoms with Crippen molar-refractivity contribution in [2.24, 2.45) is 0 Å². The lowest BCUT2D eigenvalue weighted by Gasteiger charge is -2.23. The first kappa shape index (κ1) is 16.0. The van der Waals surface area contributed by atoms with E-state index in [0.717, 1.165) is 11.3 Å². The van der Waals surface area contributed by atoms with Crippen LogP contribution in [0.2, 0.25) is 0 Å². The summed E-state index contributed by atoms with van der Waals surface area (Å²) in [7, 11) is 0. The first-order valence-corrected chi connectivity index (χ1v) is 7.37. The van der Waals surface area contributed by atoms with Gasteiger partial charge in [-0.1, -0.05) is 17.7 Å². The van der Waals surface area contributed by atoms with E-state index in [-0.39, 0.29) is 6.61 Å². The maximum absolute atomic E-state index is 9.15. The summed E-state index contributed by atoms with van der Waals surface area (Å²) in [6.45, 7) is 7.34. The molecule has 1 heterocycles. The molecule has 6 nitrogen and oxygen atoms in total. The topological polar surface area (TPSA) is 87.3 Å². The van der Waals surface area contributed by atoms with E-state index in [4.69, 9.17) is 10.8 Å². The number of benzene rings is 1. The second-order valence-corrected chi connectivity index (χ2v) is 5.21. The molecule has 1 aromatic carbocycles. The quantitative estimate of drug-likeness (QED) is 0.758. The summed E-state index contributed by atoms with van der Waals surface area (Å²) >= 11 is 0. The number of hydrogen-bond acceptors (Lipinski definition) is 6. The first-order chi connectivity index (χ1) is 10.6. The number of likely N-dealkylation sites (N-methyl/N-ethyl adjacent to an activating group) is 1. The van der Waals surface area contributed by atoms with Gasteiger partial charge in [0, 0.05) is 18.8 Å². The van der Waals surface area contributed by atoms with Gasteiger partial charge in [-0.25, -0.2) is 9.97 Å². The normalized spacial score (nSPS) is 10.5. The standard InChI is InChI=1S/C16H23N5O/c1-4-21(7-8-22)16-14(17)15(18-10-19-16)20-13-6-5-11(2)9-12(13)3/h5-6,9-10,22H,4,7-8,17H2,1-3H3,(H,18,19,20). The molecule has 0 bridgehead atoms. The Bertz CT molecular complexity index is 644. The van der Waals surface area contributed by atoms with Gasteiger partial charge in [-0.15, -0.1) is 0 Å². The zero-order valence-corrected chi connectivity index (χ0v) is 13.3. The van der Waals surface area contributed by atoms with Crippen molar-refractivity contribution in [2.45, 2.75) is 20.8 Å². The molecule has 0 amide bonds. The van der Waals surface area contributed by atoms with Gasteiger partial charge in [-0.05, 0) is 32.4 Å². The molecule has 0 unspecified atom stereocenters. The lowest BCUT2D eigenvalue weighted by molar-refractivity contribution is 0.302. The molecule has 118 valence electrons. The number of rotatable bonds is 6. The largest absolute Gasteiger partial charge is 0.395 e. The summed E-state index contributed by atoms with van der Waals surface area (Å²) in [6, 6.07) is 6.15. The third-order valence-electron chi connectivity index (χ3n) is 3.55. The summed E-state index contributed by atoms with van der Waals surface area (Å²) in [5.74, 6) is 1.21. The van der Waals surface area contributed by atoms with Gasteiger partial charge in [-0.3, -0.25) is 0 Å². The minimum atomic E-state index is 0.0527. The van der Waals surface area contributed by atoms with Crippen LogP contribution < -0.4 is 16.0 Å². The lowest BCUT2D eigenvalue weighted by Crippen LogP contribution is -2.28. The van der Waals surface area contributed by atoms with Crippen LogP contribution >= 0.6 is 0 Å². The van der Waals surface area contributed by atoms with E-state index in [2.05, 4.69) is 28.3 Å². The summed E-state index contributed by atoms with van der Waals surface area (Å²) in [5, 5.41) is 12.4. The van der Waals surface area contributed by atoms with Gasteiger partial charge in [-0.2, -0.15) is 0 Å². The highest BCUT2D eigenvalue weighted by molar-refractivity contribution is 5.79. The molecule has 0 radical (unpaired) electrons. The first-order valence-electron chi connectivity index (χ1n) is 7.37. The average Bonchev–Trinajstić information content (AvgIpc) is 2.50. The van der Waals surface area contributed by atoms with Gasteiger partial charge < -0.3 is 21.1 Å². The average molecular weight is 301 g/mol. The number of anilines is 4. The Morgan fingerprint density at radius 3 is 2.68 bits per heavy atom. The molecular formula is C16H23N5O. The summed E-state index contributed by atoms with van der Waals surface area (Å²) in [4.78, 5) is 10.4. The zero-order chi connectivity index (χ0) is 16.1. The summed E-state index contributed by atoms with van der Waals surface area (Å²) in [6.07, 6.45) is 1.48. The molecule has 0 saturated heterocycles. The fraction of sp³-hybridized carbons (Fsp3) is 0.375. The van der Waals surface area contributed by atoms with Crippen molar-refractivity contribution in [3.63, 3.8) is 0 Å². The molecule has 6 heteroatoms. The van der Waals surface area contributed by atoms with Crippen molar-refractivity contribution in [3.05, 3.63) is 35.7 Å². The number of aryl methyl sites for hydroxylation is 2. The van der Waals surface area contributed by atoms with Crippen molar-refractivity contribution < 1.29 is 5.11 Å². The van der Waals surface area contributed by atoms with Crippen molar-refractivity contribution in [2.75, 3.05) is 35.6 Å². The minimum Gasteiger partial charge on any atom is -0.395 e. The molecule has 2 aromatic rings. The van der Waals surface area contributed by atoms with E-state index in [1.54, 1.807) is 0 Å². The molecule has 0 fully saturated rings. The van der Waals surface area contributed by atoms with Crippen LogP contribution in [0.5, 0.6) is 0 Å². The second-order valence-electron chi connectivity index (χ2n) is 5.21. The predicted octanol–water partition coefficient (Wildman–Crippen LogP) is 2.24. The van der Waals surface area contributed by atoms with Crippen LogP contribution in [0.1, 0.15) is 18.1 Å². The number of hydrogen-bond donors (Lipinski definition) is 3. The van der Waals surface area contributed by atoms with Crippen LogP contribution in [-0.2, 0) is 0 Å². The van der Waals surface area contributed by atoms with Crippen LogP contribution in [0.25, 0.3) is 0 Å². The molecular weight excluding hydrogens is 278 g/mol. The zero-order valence-electron chi connectivity index (χ0n) is 13.3. The fourth-order valence-corrected chi connectivity index (χ4v) is 2.35. The Hall–Kier alpha value is -2.34. The van der Waals surface area contributed by atoms with Crippen molar-refractivity contribution >= 4 is 23.0 Å². The summed E-state index contributed by atoms with van der Waals surface area (Å²) in [5.41, 5.74) is 9.99. The van der Waals surface area contributed by atoms with E-state index >= 15 is 0 Å². The Kier molecular flexibility index (Phi) is 5.16. The minimum absolute atomic E-state index is 0.0527. The number of nitrogens with zero attached hydrogens (tertiary/aromatic N) is 3. The maximum atomic E-state index is 9.15. The van der Waals surface area contributed by atoms with E-state index in [1.165, 1.54) is 11.9 Å². The van der Waals surface area contributed by atoms with Gasteiger partial charge in [0.1, 0.15) is 12.0 Å². The van der Waals surface area contributed by atoms with Crippen LogP contribution in [-0.4, -0.2) is 34.8 Å². The van der Waals surface area contributed by atoms with Gasteiger partial charge in [0.15, 0.2) is 11.6 Å². The van der Waals surface area contributed by atoms with Gasteiger partial charge >= 0.3 is 0 Å². The van der Waals surface area contributed by atoms with Crippen LogP contribution in [0.3, 0.4) is 0 Å². The second kappa shape index (κ2) is 7.09. The van der Waals surface area contributed by atoms with Crippen LogP contribution in [0.15, 0.2) is 24.5 Å². The molecule has 0 spiro atoms. The van der Waals surface area contributed by atoms with Crippen LogP contribution in [0, 0.1) is 13.8 Å². The lowest BCUT2D eigenvalue weighted by atomic mass is 10.1. The Morgan fingerprint density at radius 2 is 2.05 bits per heavy atom. The van der Waals surface area contributed by atoms with E-state index in [0.29, 0.717) is 30.4 Å². The number of aromatic nitrogens is 2. The highest BCUT2D eigenvalue weighted by Gasteiger charge is 2.14. The smallest absolute Gasteiger partial charge is 0.159 e. The molecule has 2 rings (SSSR count). The number of nitrogens with one attached hydrogen (secondary N) is 1. The molecule has 0 aliphatic heterocycles. The van der Waals surface area contributed by atoms with Crippen LogP contribution in [0.4, 0.5) is 23.0 Å². The van der Waals surface area contributed by atoms with E-state index < -0.39 is 0 Å². The number of aliphatic hydroxyl groups is 1. The molecule has 0 saturated carbocycles. The Morgan fingerprint density at radius 1 is 1.27 bits per heavy atom. The molecule has 0 aliphatic carbocycles. The summed E-state index contributed by atoms with van der Waals surface area (Å²) < 4.78 is 0. The fourth-order valence-electron chi connectivity index (χ4n) is 2.35. The van der Waals surface area contributed by atoms with Gasteiger partial charge in [0.2, 0.25) is 0 Å². The molecule has 0 aliphatic rings. The van der Waals surface area contributed by atoms with E-state index in [9.17, 15) is 0 Å². The number of nitrogens with two attached hydrogens (primary N) is 1. The molecule has 0 atom stereocenters. The Labute approximate surface area is 131 Å². The van der Waals surface area contributed by atoms with Crippen molar-refractivity contribution in [1.82, 2.24) is 9.97 Å². The SMILES string of the molecule is CCN(CCO)c1ncnc(Nc2ccc(C)cc2C)c1N. The van der Waals surface area contributed by atoms with Crippen molar-refractivity contribution in [1.29, 1.82) is 0 Å². The maximum Gasteiger partial charge on any atom is 0.159 e. The molecule has 4 N–H and O–H groups in total. The van der Waals surface area contributed by atoms with Gasteiger partial charge in [0.25, 0.3) is 0 Å². The Balaban J connectivity index is 2.32. The van der Waals surface area contributed by atoms with Gasteiger partial charge in [0.05, 0.1) is 6.61 Å². The highest BCUT2D eigenvalue weighted by atomic mass is 16.3. The third kappa shape index (κ3) is 3.46. The number of nitrogen functional groups attached to an aromatic ring is 1. The predicted molar refractivity (Wildman–Crippen MR) is 90.6 cm³/mol. The monoisotopic (exact) mass is 301 g/mol. The molecule has 1 aromatic heterocycles. The van der Waals surface area contributed by atoms with E-state index in [1.807, 2.05) is 30.9 Å². The highest BCUT2D eigenvalue weighted by Crippen LogP contribution is 2.29. The number of aliphatic hydroxyl groups excluding tert-OH is 1. The van der Waals surface area contributed by atoms with Crippen molar-refractivity contribution in [3.8, 4) is 0 Å². The third-order valence-corrected chi connectivity index (χ3v) is 3.55. The molecule has 22 heavy (non-hydrogen) atoms.